The molecule has 0 saturated carbocycles. The third-order valence-electron chi connectivity index (χ3n) is 3.30. The minimum atomic E-state index is -3.41. The van der Waals surface area contributed by atoms with Crippen molar-refractivity contribution in [2.75, 3.05) is 22.8 Å². The second-order valence-corrected chi connectivity index (χ2v) is 7.30. The summed E-state index contributed by atoms with van der Waals surface area (Å²) in [5.74, 6) is -0.201. The number of hydrogen-bond donors (Lipinski definition) is 3. The second-order valence-electron chi connectivity index (χ2n) is 5.14. The van der Waals surface area contributed by atoms with Crippen LogP contribution in [0.25, 0.3) is 0 Å². The van der Waals surface area contributed by atoms with Crippen LogP contribution < -0.4 is 15.8 Å². The van der Waals surface area contributed by atoms with Crippen molar-refractivity contribution >= 4 is 38.9 Å². The quantitative estimate of drug-likeness (QED) is 0.741. The first kappa shape index (κ1) is 17.7. The molecular weight excluding hydrogens is 314 g/mol. The summed E-state index contributed by atoms with van der Waals surface area (Å²) in [6.07, 6.45) is 1.64. The van der Waals surface area contributed by atoms with Crippen molar-refractivity contribution in [2.24, 2.45) is 11.1 Å². The zero-order valence-corrected chi connectivity index (χ0v) is 13.8. The Balaban J connectivity index is 2.93. The smallest absolute Gasteiger partial charge is 0.231 e. The third-order valence-corrected chi connectivity index (χ3v) is 4.20. The van der Waals surface area contributed by atoms with Gasteiger partial charge in [0.15, 0.2) is 0 Å². The topological polar surface area (TPSA) is 101 Å². The molecule has 0 bridgehead atoms. The second kappa shape index (κ2) is 6.64. The van der Waals surface area contributed by atoms with Gasteiger partial charge >= 0.3 is 0 Å². The molecule has 1 aromatic carbocycles. The summed E-state index contributed by atoms with van der Waals surface area (Å²) in [6.45, 7) is 3.90. The van der Waals surface area contributed by atoms with Crippen LogP contribution in [0.4, 0.5) is 11.4 Å². The Morgan fingerprint density at radius 2 is 2.05 bits per heavy atom. The molecule has 1 unspecified atom stereocenters. The standard InChI is InChI=1S/C13H20ClN3O3S/c1-4-13(2,8-15)12(18)16-9-5-6-11(10(14)7-9)17-21(3,19)20/h5-7,17H,4,8,15H2,1-3H3,(H,16,18). The van der Waals surface area contributed by atoms with E-state index in [2.05, 4.69) is 10.0 Å². The zero-order valence-electron chi connectivity index (χ0n) is 12.2. The number of rotatable bonds is 6. The van der Waals surface area contributed by atoms with E-state index < -0.39 is 15.4 Å². The molecule has 8 heteroatoms. The van der Waals surface area contributed by atoms with Gasteiger partial charge in [-0.05, 0) is 31.5 Å². The van der Waals surface area contributed by atoms with Crippen LogP contribution in [0.15, 0.2) is 18.2 Å². The lowest BCUT2D eigenvalue weighted by Gasteiger charge is -2.25. The summed E-state index contributed by atoms with van der Waals surface area (Å²) in [5, 5.41) is 2.93. The van der Waals surface area contributed by atoms with Crippen LogP contribution in [-0.2, 0) is 14.8 Å². The lowest BCUT2D eigenvalue weighted by molar-refractivity contribution is -0.124. The third kappa shape index (κ3) is 4.87. The molecular formula is C13H20ClN3O3S. The van der Waals surface area contributed by atoms with Gasteiger partial charge in [0.2, 0.25) is 15.9 Å². The molecule has 0 radical (unpaired) electrons. The number of halogens is 1. The van der Waals surface area contributed by atoms with Gasteiger partial charge in [-0.25, -0.2) is 8.42 Å². The SMILES string of the molecule is CCC(C)(CN)C(=O)Nc1ccc(NS(C)(=O)=O)c(Cl)c1. The molecule has 21 heavy (non-hydrogen) atoms. The van der Waals surface area contributed by atoms with Crippen molar-refractivity contribution in [3.05, 3.63) is 23.2 Å². The molecule has 1 atom stereocenters. The fourth-order valence-electron chi connectivity index (χ4n) is 1.55. The summed E-state index contributed by atoms with van der Waals surface area (Å²) >= 11 is 6.00. The Labute approximate surface area is 130 Å². The van der Waals surface area contributed by atoms with Gasteiger partial charge in [0.05, 0.1) is 22.4 Å². The highest BCUT2D eigenvalue weighted by atomic mass is 35.5. The highest BCUT2D eigenvalue weighted by Gasteiger charge is 2.29. The lowest BCUT2D eigenvalue weighted by atomic mass is 9.86. The van der Waals surface area contributed by atoms with Gasteiger partial charge < -0.3 is 11.1 Å². The molecule has 0 aliphatic rings. The van der Waals surface area contributed by atoms with Crippen molar-refractivity contribution in [1.82, 2.24) is 0 Å². The number of carbonyl (C=O) groups is 1. The summed E-state index contributed by atoms with van der Waals surface area (Å²) in [4.78, 5) is 12.2. The van der Waals surface area contributed by atoms with E-state index in [0.717, 1.165) is 6.26 Å². The van der Waals surface area contributed by atoms with Crippen LogP contribution in [0.2, 0.25) is 5.02 Å². The van der Waals surface area contributed by atoms with E-state index in [1.54, 1.807) is 13.0 Å². The maximum absolute atomic E-state index is 12.2. The summed E-state index contributed by atoms with van der Waals surface area (Å²) < 4.78 is 24.6. The first-order valence-corrected chi connectivity index (χ1v) is 8.67. The molecule has 0 aliphatic heterocycles. The van der Waals surface area contributed by atoms with Crippen molar-refractivity contribution < 1.29 is 13.2 Å². The summed E-state index contributed by atoms with van der Waals surface area (Å²) in [7, 11) is -3.41. The molecule has 1 rings (SSSR count). The van der Waals surface area contributed by atoms with Gasteiger partial charge in [0, 0.05) is 12.2 Å². The molecule has 0 fully saturated rings. The number of carbonyl (C=O) groups excluding carboxylic acids is 1. The monoisotopic (exact) mass is 333 g/mol. The van der Waals surface area contributed by atoms with E-state index in [-0.39, 0.29) is 23.2 Å². The molecule has 0 saturated heterocycles. The van der Waals surface area contributed by atoms with Gasteiger partial charge in [-0.1, -0.05) is 18.5 Å². The normalized spacial score (nSPS) is 14.3. The number of nitrogens with one attached hydrogen (secondary N) is 2. The Bertz CT molecular complexity index is 628. The largest absolute Gasteiger partial charge is 0.329 e. The molecule has 1 amide bonds. The summed E-state index contributed by atoms with van der Waals surface area (Å²) in [5.41, 5.74) is 5.72. The fraction of sp³-hybridized carbons (Fsp3) is 0.462. The molecule has 4 N–H and O–H groups in total. The van der Waals surface area contributed by atoms with Gasteiger partial charge in [0.25, 0.3) is 0 Å². The predicted octanol–water partition coefficient (Wildman–Crippen LogP) is 2.03. The van der Waals surface area contributed by atoms with Crippen LogP contribution in [0.3, 0.4) is 0 Å². The highest BCUT2D eigenvalue weighted by Crippen LogP contribution is 2.28. The van der Waals surface area contributed by atoms with Crippen LogP contribution >= 0.6 is 11.6 Å². The van der Waals surface area contributed by atoms with Gasteiger partial charge in [-0.3, -0.25) is 9.52 Å². The first-order valence-electron chi connectivity index (χ1n) is 6.40. The molecule has 0 spiro atoms. The average Bonchev–Trinajstić information content (AvgIpc) is 2.39. The van der Waals surface area contributed by atoms with Crippen molar-refractivity contribution in [1.29, 1.82) is 0 Å². The average molecular weight is 334 g/mol. The Morgan fingerprint density at radius 1 is 1.43 bits per heavy atom. The van der Waals surface area contributed by atoms with Gasteiger partial charge in [-0.2, -0.15) is 0 Å². The minimum absolute atomic E-state index is 0.198. The Kier molecular flexibility index (Phi) is 5.61. The first-order chi connectivity index (χ1) is 9.61. The van der Waals surface area contributed by atoms with E-state index >= 15 is 0 Å². The molecule has 118 valence electrons. The van der Waals surface area contributed by atoms with Crippen LogP contribution in [-0.4, -0.2) is 27.1 Å². The Morgan fingerprint density at radius 3 is 2.48 bits per heavy atom. The number of nitrogens with two attached hydrogens (primary N) is 1. The number of benzene rings is 1. The van der Waals surface area contributed by atoms with Crippen molar-refractivity contribution in [2.45, 2.75) is 20.3 Å². The molecule has 0 aromatic heterocycles. The lowest BCUT2D eigenvalue weighted by Crippen LogP contribution is -2.39. The maximum Gasteiger partial charge on any atom is 0.231 e. The molecule has 0 aliphatic carbocycles. The predicted molar refractivity (Wildman–Crippen MR) is 86.0 cm³/mol. The molecule has 0 heterocycles. The maximum atomic E-state index is 12.2. The van der Waals surface area contributed by atoms with E-state index in [9.17, 15) is 13.2 Å². The number of anilines is 2. The number of sulfonamides is 1. The molecule has 1 aromatic rings. The van der Waals surface area contributed by atoms with Crippen molar-refractivity contribution in [3.8, 4) is 0 Å². The van der Waals surface area contributed by atoms with Crippen molar-refractivity contribution in [3.63, 3.8) is 0 Å². The number of hydrogen-bond acceptors (Lipinski definition) is 4. The van der Waals surface area contributed by atoms with Crippen LogP contribution in [0.5, 0.6) is 0 Å². The highest BCUT2D eigenvalue weighted by molar-refractivity contribution is 7.92. The summed E-state index contributed by atoms with van der Waals surface area (Å²) in [6, 6.07) is 4.55. The van der Waals surface area contributed by atoms with Crippen LogP contribution in [0, 0.1) is 5.41 Å². The number of amides is 1. The van der Waals surface area contributed by atoms with Crippen LogP contribution in [0.1, 0.15) is 20.3 Å². The van der Waals surface area contributed by atoms with Gasteiger partial charge in [0.1, 0.15) is 0 Å². The van der Waals surface area contributed by atoms with E-state index in [4.69, 9.17) is 17.3 Å². The zero-order chi connectivity index (χ0) is 16.3. The molecule has 6 nitrogen and oxygen atoms in total. The van der Waals surface area contributed by atoms with E-state index in [1.165, 1.54) is 12.1 Å². The van der Waals surface area contributed by atoms with Gasteiger partial charge in [-0.15, -0.1) is 0 Å². The Hall–Kier alpha value is -1.31. The fourth-order valence-corrected chi connectivity index (χ4v) is 2.42. The van der Waals surface area contributed by atoms with E-state index in [0.29, 0.717) is 12.1 Å². The van der Waals surface area contributed by atoms with E-state index in [1.807, 2.05) is 6.92 Å². The minimum Gasteiger partial charge on any atom is -0.329 e.